The van der Waals surface area contributed by atoms with Crippen molar-refractivity contribution in [3.05, 3.63) is 69.2 Å². The molecular weight excluding hydrogens is 675 g/mol. The van der Waals surface area contributed by atoms with E-state index in [0.717, 1.165) is 6.07 Å². The molecule has 0 radical (unpaired) electrons. The van der Waals surface area contributed by atoms with Gasteiger partial charge in [0.1, 0.15) is 17.0 Å². The first kappa shape index (κ1) is 37.4. The number of nitriles is 1. The molecule has 2 aromatic carbocycles. The summed E-state index contributed by atoms with van der Waals surface area (Å²) in [6.07, 6.45) is 0.948. The molecule has 3 saturated heterocycles. The molecule has 0 spiro atoms. The molecule has 0 saturated carbocycles. The fourth-order valence-corrected chi connectivity index (χ4v) is 7.74. The lowest BCUT2D eigenvalue weighted by Crippen LogP contribution is -2.55. The zero-order chi connectivity index (χ0) is 35.7. The average molecular weight is 721 g/mol. The maximum atomic E-state index is 16.0. The summed E-state index contributed by atoms with van der Waals surface area (Å²) in [6, 6.07) is 9.15. The van der Waals surface area contributed by atoms with Crippen molar-refractivity contribution in [2.45, 2.75) is 82.8 Å². The van der Waals surface area contributed by atoms with E-state index in [9.17, 15) is 14.9 Å². The third-order valence-electron chi connectivity index (χ3n) is 9.62. The summed E-state index contributed by atoms with van der Waals surface area (Å²) >= 11 is 12.4. The quantitative estimate of drug-likeness (QED) is 0.358. The number of ether oxygens (including phenoxy) is 2. The molecule has 13 heteroatoms. The molecule has 5 atom stereocenters. The molecule has 5 rings (SSSR count). The first-order valence-corrected chi connectivity index (χ1v) is 17.5. The number of nitrogens with zero attached hydrogens (tertiary/aromatic N) is 3. The van der Waals surface area contributed by atoms with Crippen LogP contribution in [0.15, 0.2) is 36.4 Å². The summed E-state index contributed by atoms with van der Waals surface area (Å²) in [7, 11) is 0. The molecule has 3 fully saturated rings. The van der Waals surface area contributed by atoms with Crippen molar-refractivity contribution in [1.29, 1.82) is 5.26 Å². The normalized spacial score (nSPS) is 27.2. The van der Waals surface area contributed by atoms with E-state index >= 15 is 8.78 Å². The van der Waals surface area contributed by atoms with E-state index in [2.05, 4.69) is 16.7 Å². The first-order valence-electron chi connectivity index (χ1n) is 16.7. The van der Waals surface area contributed by atoms with Gasteiger partial charge in [-0.15, -0.1) is 0 Å². The van der Waals surface area contributed by atoms with Crippen molar-refractivity contribution in [2.75, 3.05) is 45.9 Å². The van der Waals surface area contributed by atoms with Gasteiger partial charge in [0.15, 0.2) is 5.79 Å². The Morgan fingerprint density at radius 2 is 1.84 bits per heavy atom. The number of carbonyl (C=O) groups is 2. The van der Waals surface area contributed by atoms with Crippen LogP contribution in [0.3, 0.4) is 0 Å². The van der Waals surface area contributed by atoms with Crippen molar-refractivity contribution < 1.29 is 27.8 Å². The highest BCUT2D eigenvalue weighted by Gasteiger charge is 2.61. The monoisotopic (exact) mass is 719 g/mol. The van der Waals surface area contributed by atoms with E-state index in [1.54, 1.807) is 11.0 Å². The molecule has 2 amide bonds. The third kappa shape index (κ3) is 8.22. The van der Waals surface area contributed by atoms with Gasteiger partial charge >= 0.3 is 0 Å². The molecule has 0 aliphatic carbocycles. The highest BCUT2D eigenvalue weighted by atomic mass is 35.5. The van der Waals surface area contributed by atoms with Gasteiger partial charge in [-0.25, -0.2) is 8.78 Å². The molecule has 266 valence electrons. The van der Waals surface area contributed by atoms with Crippen molar-refractivity contribution in [1.82, 2.24) is 20.4 Å². The summed E-state index contributed by atoms with van der Waals surface area (Å²) in [4.78, 5) is 30.8. The fraction of sp³-hybridized carbons (Fsp3) is 0.583. The lowest BCUT2D eigenvalue weighted by Gasteiger charge is -2.38. The molecule has 49 heavy (non-hydrogen) atoms. The van der Waals surface area contributed by atoms with Crippen molar-refractivity contribution in [3.8, 4) is 6.07 Å². The van der Waals surface area contributed by atoms with E-state index < -0.39 is 40.8 Å². The standard InChI is InChI=1S/C36H45Cl2F2N5O4/c1-34(2,3)18-28-36(21-41,25-10-9-22(37)17-27(25)39)30(24-7-6-8-26(38)31(24)40)32(43-28)33(47)45-15-13-44(14-16-45)19-29(46)42-12-11-23-20-48-35(4,5)49-23/h6-10,17,23,28,30,32,43H,11-16,18-20H2,1-5H3,(H,42,46)/t23-,28-,30-,32+,36-/m0/s1. The van der Waals surface area contributed by atoms with E-state index in [-0.39, 0.29) is 51.1 Å². The summed E-state index contributed by atoms with van der Waals surface area (Å²) in [5, 5.41) is 17.4. The molecular formula is C36H45Cl2F2N5O4. The Kier molecular flexibility index (Phi) is 11.3. The van der Waals surface area contributed by atoms with E-state index in [4.69, 9.17) is 32.7 Å². The van der Waals surface area contributed by atoms with Crippen molar-refractivity contribution >= 4 is 35.0 Å². The van der Waals surface area contributed by atoms with Crippen molar-refractivity contribution in [2.24, 2.45) is 5.41 Å². The SMILES string of the molecule is CC(C)(C)C[C@@H]1N[C@@H](C(=O)N2CCN(CC(=O)NCC[C@H]3COC(C)(C)O3)CC2)[C@H](c2cccc(Cl)c2F)[C@@]1(C#N)c1ccc(Cl)cc1F. The van der Waals surface area contributed by atoms with Gasteiger partial charge in [-0.05, 0) is 55.9 Å². The van der Waals surface area contributed by atoms with Gasteiger partial charge in [-0.3, -0.25) is 14.5 Å². The third-order valence-corrected chi connectivity index (χ3v) is 10.1. The van der Waals surface area contributed by atoms with E-state index in [1.807, 2.05) is 39.5 Å². The highest BCUT2D eigenvalue weighted by molar-refractivity contribution is 6.31. The average Bonchev–Trinajstić information content (AvgIpc) is 3.53. The van der Waals surface area contributed by atoms with E-state index in [1.165, 1.54) is 24.3 Å². The van der Waals surface area contributed by atoms with Crippen LogP contribution in [0, 0.1) is 28.4 Å². The minimum absolute atomic E-state index is 0.0346. The number of piperazine rings is 1. The number of amides is 2. The topological polar surface area (TPSA) is 107 Å². The number of hydrogen-bond donors (Lipinski definition) is 2. The van der Waals surface area contributed by atoms with Gasteiger partial charge < -0.3 is 25.0 Å². The van der Waals surface area contributed by atoms with Gasteiger partial charge in [0, 0.05) is 55.3 Å². The molecule has 0 unspecified atom stereocenters. The summed E-state index contributed by atoms with van der Waals surface area (Å²) in [5.74, 6) is -3.67. The second-order valence-electron chi connectivity index (χ2n) is 14.9. The minimum atomic E-state index is -1.70. The van der Waals surface area contributed by atoms with Crippen LogP contribution in [0.5, 0.6) is 0 Å². The van der Waals surface area contributed by atoms with Gasteiger partial charge in [0.25, 0.3) is 0 Å². The lowest BCUT2D eigenvalue weighted by molar-refractivity contribution is -0.138. The Morgan fingerprint density at radius 3 is 2.45 bits per heavy atom. The van der Waals surface area contributed by atoms with Gasteiger partial charge in [-0.1, -0.05) is 62.2 Å². The van der Waals surface area contributed by atoms with Crippen LogP contribution in [0.25, 0.3) is 0 Å². The molecule has 9 nitrogen and oxygen atoms in total. The molecule has 3 aliphatic heterocycles. The summed E-state index contributed by atoms with van der Waals surface area (Å²) in [6.45, 7) is 12.3. The molecule has 3 aliphatic rings. The van der Waals surface area contributed by atoms with Crippen LogP contribution in [0.4, 0.5) is 8.78 Å². The smallest absolute Gasteiger partial charge is 0.240 e. The summed E-state index contributed by atoms with van der Waals surface area (Å²) < 4.78 is 43.2. The zero-order valence-electron chi connectivity index (χ0n) is 28.6. The molecule has 3 heterocycles. The molecule has 0 aromatic heterocycles. The number of nitrogens with one attached hydrogen (secondary N) is 2. The molecule has 2 aromatic rings. The van der Waals surface area contributed by atoms with Gasteiger partial charge in [-0.2, -0.15) is 5.26 Å². The largest absolute Gasteiger partial charge is 0.355 e. The maximum Gasteiger partial charge on any atom is 0.240 e. The van der Waals surface area contributed by atoms with Crippen LogP contribution in [-0.4, -0.2) is 91.5 Å². The van der Waals surface area contributed by atoms with Crippen LogP contribution in [0.1, 0.15) is 64.5 Å². The number of benzene rings is 2. The fourth-order valence-electron chi connectivity index (χ4n) is 7.40. The summed E-state index contributed by atoms with van der Waals surface area (Å²) in [5.41, 5.74) is -1.95. The van der Waals surface area contributed by atoms with Crippen LogP contribution < -0.4 is 10.6 Å². The number of halogens is 4. The molecule has 0 bridgehead atoms. The Balaban J connectivity index is 1.36. The number of rotatable bonds is 9. The second-order valence-corrected chi connectivity index (χ2v) is 15.7. The minimum Gasteiger partial charge on any atom is -0.355 e. The Morgan fingerprint density at radius 1 is 1.12 bits per heavy atom. The van der Waals surface area contributed by atoms with Gasteiger partial charge in [0.05, 0.1) is 36.4 Å². The van der Waals surface area contributed by atoms with Crippen molar-refractivity contribution in [3.63, 3.8) is 0 Å². The predicted octanol–water partition coefficient (Wildman–Crippen LogP) is 5.40. The Labute approximate surface area is 297 Å². The van der Waals surface area contributed by atoms with Crippen LogP contribution >= 0.6 is 23.2 Å². The van der Waals surface area contributed by atoms with Crippen LogP contribution in [-0.2, 0) is 24.5 Å². The second kappa shape index (κ2) is 14.8. The number of carbonyl (C=O) groups excluding carboxylic acids is 2. The zero-order valence-corrected chi connectivity index (χ0v) is 30.1. The highest BCUT2D eigenvalue weighted by Crippen LogP contribution is 2.53. The number of hydrogen-bond acceptors (Lipinski definition) is 7. The maximum absolute atomic E-state index is 16.0. The molecule has 2 N–H and O–H groups in total. The van der Waals surface area contributed by atoms with Gasteiger partial charge in [0.2, 0.25) is 11.8 Å². The van der Waals surface area contributed by atoms with E-state index in [0.29, 0.717) is 52.2 Å². The predicted molar refractivity (Wildman–Crippen MR) is 183 cm³/mol. The first-order chi connectivity index (χ1) is 23.0. The Hall–Kier alpha value is -2.85. The lowest BCUT2D eigenvalue weighted by atomic mass is 9.62. The Bertz CT molecular complexity index is 1590. The van der Waals surface area contributed by atoms with Crippen LogP contribution in [0.2, 0.25) is 10.0 Å².